The van der Waals surface area contributed by atoms with Crippen LogP contribution in [-0.2, 0) is 9.59 Å². The molecule has 3 rings (SSSR count). The number of methoxy groups -OCH3 is 1. The molecule has 1 saturated heterocycles. The van der Waals surface area contributed by atoms with Gasteiger partial charge in [0.25, 0.3) is 11.7 Å². The number of amides is 1. The van der Waals surface area contributed by atoms with Gasteiger partial charge in [0.1, 0.15) is 11.5 Å². The number of benzene rings is 1. The number of thiophene rings is 1. The summed E-state index contributed by atoms with van der Waals surface area (Å²) in [7, 11) is 1.61. The van der Waals surface area contributed by atoms with Crippen molar-refractivity contribution in [1.29, 1.82) is 0 Å². The summed E-state index contributed by atoms with van der Waals surface area (Å²) in [6, 6.07) is 6.79. The first-order chi connectivity index (χ1) is 14.3. The molecule has 2 aromatic rings. The molecule has 1 aromatic heterocycles. The van der Waals surface area contributed by atoms with Crippen LogP contribution in [0.25, 0.3) is 5.76 Å². The number of ketones is 1. The van der Waals surface area contributed by atoms with E-state index in [1.807, 2.05) is 45.2 Å². The van der Waals surface area contributed by atoms with Gasteiger partial charge in [0.05, 0.1) is 18.7 Å². The van der Waals surface area contributed by atoms with E-state index in [0.717, 1.165) is 34.6 Å². The highest BCUT2D eigenvalue weighted by molar-refractivity contribution is 7.10. The lowest BCUT2D eigenvalue weighted by Gasteiger charge is -2.24. The summed E-state index contributed by atoms with van der Waals surface area (Å²) in [6.45, 7) is 8.59. The molecule has 1 aliphatic heterocycles. The average molecular weight is 428 g/mol. The van der Waals surface area contributed by atoms with Crippen LogP contribution in [0.2, 0.25) is 0 Å². The Morgan fingerprint density at radius 1 is 1.27 bits per heavy atom. The number of hydrogen-bond donors (Lipinski definition) is 1. The third-order valence-electron chi connectivity index (χ3n) is 5.57. The number of nitrogens with zero attached hydrogens (tertiary/aromatic N) is 1. The highest BCUT2D eigenvalue weighted by Crippen LogP contribution is 2.43. The zero-order valence-corrected chi connectivity index (χ0v) is 19.0. The molecule has 1 unspecified atom stereocenters. The number of likely N-dealkylation sites (tertiary alicyclic amines) is 1. The van der Waals surface area contributed by atoms with Crippen molar-refractivity contribution in [3.8, 4) is 5.75 Å². The van der Waals surface area contributed by atoms with E-state index in [1.165, 1.54) is 11.3 Å². The Hall–Kier alpha value is -2.60. The van der Waals surface area contributed by atoms with E-state index < -0.39 is 17.7 Å². The zero-order valence-electron chi connectivity index (χ0n) is 18.2. The summed E-state index contributed by atoms with van der Waals surface area (Å²) >= 11 is 1.51. The number of rotatable bonds is 7. The van der Waals surface area contributed by atoms with Crippen molar-refractivity contribution >= 4 is 28.8 Å². The number of aliphatic hydroxyl groups is 1. The van der Waals surface area contributed by atoms with Crippen LogP contribution in [0.1, 0.15) is 67.1 Å². The van der Waals surface area contributed by atoms with Crippen molar-refractivity contribution in [2.24, 2.45) is 0 Å². The molecule has 1 fully saturated rings. The Kier molecular flexibility index (Phi) is 6.66. The summed E-state index contributed by atoms with van der Waals surface area (Å²) in [5, 5.41) is 13.2. The Morgan fingerprint density at radius 3 is 2.57 bits per heavy atom. The second kappa shape index (κ2) is 9.04. The first-order valence-electron chi connectivity index (χ1n) is 10.3. The van der Waals surface area contributed by atoms with Gasteiger partial charge in [-0.1, -0.05) is 27.2 Å². The van der Waals surface area contributed by atoms with E-state index in [1.54, 1.807) is 24.1 Å². The largest absolute Gasteiger partial charge is 0.507 e. The maximum absolute atomic E-state index is 13.0. The molecule has 2 heterocycles. The van der Waals surface area contributed by atoms with E-state index >= 15 is 0 Å². The Labute approximate surface area is 182 Å². The maximum atomic E-state index is 13.0. The van der Waals surface area contributed by atoms with Crippen LogP contribution in [0.3, 0.4) is 0 Å². The van der Waals surface area contributed by atoms with E-state index in [2.05, 4.69) is 0 Å². The zero-order chi connectivity index (χ0) is 22.0. The molecule has 0 bridgehead atoms. The van der Waals surface area contributed by atoms with Crippen LogP contribution in [0, 0.1) is 6.92 Å². The highest BCUT2D eigenvalue weighted by Gasteiger charge is 2.46. The number of aliphatic hydroxyl groups excluding tert-OH is 1. The lowest BCUT2D eigenvalue weighted by molar-refractivity contribution is -0.139. The third-order valence-corrected chi connectivity index (χ3v) is 6.64. The van der Waals surface area contributed by atoms with Crippen LogP contribution >= 0.6 is 11.3 Å². The molecule has 1 N–H and O–H groups in total. The van der Waals surface area contributed by atoms with Gasteiger partial charge in [0.2, 0.25) is 0 Å². The fraction of sp³-hybridized carbons (Fsp3) is 0.417. The molecular weight excluding hydrogens is 398 g/mol. The summed E-state index contributed by atoms with van der Waals surface area (Å²) in [5.74, 6) is -0.385. The number of carbonyl (C=O) groups excluding carboxylic acids is 2. The predicted molar refractivity (Wildman–Crippen MR) is 120 cm³/mol. The van der Waals surface area contributed by atoms with Crippen LogP contribution in [0.5, 0.6) is 5.75 Å². The van der Waals surface area contributed by atoms with Crippen molar-refractivity contribution in [3.05, 3.63) is 56.8 Å². The number of ether oxygens (including phenoxy) is 1. The quantitative estimate of drug-likeness (QED) is 0.364. The van der Waals surface area contributed by atoms with Gasteiger partial charge in [0.15, 0.2) is 0 Å². The van der Waals surface area contributed by atoms with Crippen molar-refractivity contribution in [1.82, 2.24) is 4.90 Å². The Balaban J connectivity index is 2.18. The van der Waals surface area contributed by atoms with Crippen molar-refractivity contribution in [2.45, 2.75) is 52.5 Å². The summed E-state index contributed by atoms with van der Waals surface area (Å²) in [4.78, 5) is 28.4. The van der Waals surface area contributed by atoms with Crippen molar-refractivity contribution < 1.29 is 19.4 Å². The number of carbonyl (C=O) groups is 2. The van der Waals surface area contributed by atoms with Crippen LogP contribution < -0.4 is 4.74 Å². The predicted octanol–water partition coefficient (Wildman–Crippen LogP) is 5.41. The molecule has 0 saturated carbocycles. The molecule has 5 nitrogen and oxygen atoms in total. The summed E-state index contributed by atoms with van der Waals surface area (Å²) in [5.41, 5.74) is 2.64. The van der Waals surface area contributed by atoms with Gasteiger partial charge in [-0.25, -0.2) is 0 Å². The second-order valence-electron chi connectivity index (χ2n) is 7.93. The van der Waals surface area contributed by atoms with Gasteiger partial charge in [0, 0.05) is 17.0 Å². The molecule has 0 aliphatic carbocycles. The van der Waals surface area contributed by atoms with Crippen LogP contribution in [-0.4, -0.2) is 35.4 Å². The summed E-state index contributed by atoms with van der Waals surface area (Å²) in [6.07, 6.45) is 1.71. The molecule has 0 radical (unpaired) electrons. The fourth-order valence-electron chi connectivity index (χ4n) is 3.86. The maximum Gasteiger partial charge on any atom is 0.295 e. The fourth-order valence-corrected chi connectivity index (χ4v) is 4.91. The van der Waals surface area contributed by atoms with E-state index in [4.69, 9.17) is 4.74 Å². The van der Waals surface area contributed by atoms with Crippen LogP contribution in [0.15, 0.2) is 35.2 Å². The monoisotopic (exact) mass is 427 g/mol. The van der Waals surface area contributed by atoms with Gasteiger partial charge in [-0.3, -0.25) is 9.59 Å². The SMILES string of the molecule is CCCCN1C(=O)C(=O)/C(=C(\O)c2ccc(OC)c(C(C)C)c2)C1c1sccc1C. The Bertz CT molecular complexity index is 989. The first kappa shape index (κ1) is 22.1. The van der Waals surface area contributed by atoms with Crippen LogP contribution in [0.4, 0.5) is 0 Å². The third kappa shape index (κ3) is 3.88. The van der Waals surface area contributed by atoms with E-state index in [9.17, 15) is 14.7 Å². The lowest BCUT2D eigenvalue weighted by Crippen LogP contribution is -2.30. The standard InChI is InChI=1S/C24H29NO4S/c1-6-7-11-25-20(23-15(4)10-12-30-23)19(22(27)24(25)28)21(26)16-8-9-18(29-5)17(13-16)14(2)3/h8-10,12-14,20,26H,6-7,11H2,1-5H3/b21-19-. The molecule has 0 spiro atoms. The van der Waals surface area contributed by atoms with Gasteiger partial charge in [-0.05, 0) is 60.0 Å². The topological polar surface area (TPSA) is 66.8 Å². The molecule has 1 atom stereocenters. The molecule has 1 aliphatic rings. The molecule has 30 heavy (non-hydrogen) atoms. The minimum absolute atomic E-state index is 0.130. The van der Waals surface area contributed by atoms with Crippen molar-refractivity contribution in [3.63, 3.8) is 0 Å². The number of hydrogen-bond acceptors (Lipinski definition) is 5. The molecule has 160 valence electrons. The smallest absolute Gasteiger partial charge is 0.295 e. The van der Waals surface area contributed by atoms with E-state index in [-0.39, 0.29) is 17.3 Å². The van der Waals surface area contributed by atoms with Gasteiger partial charge >= 0.3 is 0 Å². The highest BCUT2D eigenvalue weighted by atomic mass is 32.1. The first-order valence-corrected chi connectivity index (χ1v) is 11.2. The Morgan fingerprint density at radius 2 is 2.00 bits per heavy atom. The molecule has 6 heteroatoms. The van der Waals surface area contributed by atoms with Gasteiger partial charge in [-0.2, -0.15) is 0 Å². The molecule has 1 aromatic carbocycles. The molecule has 1 amide bonds. The lowest BCUT2D eigenvalue weighted by atomic mass is 9.94. The number of Topliss-reactive ketones (excluding diaryl/α,β-unsaturated/α-hetero) is 1. The normalized spacial score (nSPS) is 18.5. The number of aryl methyl sites for hydroxylation is 1. The van der Waals surface area contributed by atoms with Crippen molar-refractivity contribution in [2.75, 3.05) is 13.7 Å². The minimum atomic E-state index is -0.622. The van der Waals surface area contributed by atoms with Gasteiger partial charge in [-0.15, -0.1) is 11.3 Å². The average Bonchev–Trinajstić information content (AvgIpc) is 3.26. The van der Waals surface area contributed by atoms with E-state index in [0.29, 0.717) is 12.1 Å². The van der Waals surface area contributed by atoms with Gasteiger partial charge < -0.3 is 14.7 Å². The second-order valence-corrected chi connectivity index (χ2v) is 8.87. The number of unbranched alkanes of at least 4 members (excludes halogenated alkanes) is 1. The summed E-state index contributed by atoms with van der Waals surface area (Å²) < 4.78 is 5.44. The minimum Gasteiger partial charge on any atom is -0.507 e. The molecular formula is C24H29NO4S.